The van der Waals surface area contributed by atoms with Gasteiger partial charge in [-0.3, -0.25) is 5.10 Å². The molecule has 2 aliphatic carbocycles. The van der Waals surface area contributed by atoms with Gasteiger partial charge < -0.3 is 5.11 Å². The highest BCUT2D eigenvalue weighted by Gasteiger charge is 2.49. The van der Waals surface area contributed by atoms with Crippen molar-refractivity contribution in [2.75, 3.05) is 0 Å². The van der Waals surface area contributed by atoms with Crippen LogP contribution in [-0.2, 0) is 6.42 Å². The minimum atomic E-state index is -3.32. The van der Waals surface area contributed by atoms with Gasteiger partial charge in [0.15, 0.2) is 0 Å². The highest BCUT2D eigenvalue weighted by molar-refractivity contribution is 5.94. The Kier molecular flexibility index (Phi) is 4.43. The summed E-state index contributed by atoms with van der Waals surface area (Å²) in [6.45, 7) is 0. The molecule has 2 N–H and O–H groups in total. The number of alkyl halides is 3. The Balaban J connectivity index is 1.58. The van der Waals surface area contributed by atoms with E-state index in [1.807, 2.05) is 18.2 Å². The van der Waals surface area contributed by atoms with Crippen LogP contribution in [-0.4, -0.2) is 21.2 Å². The van der Waals surface area contributed by atoms with Crippen molar-refractivity contribution in [2.24, 2.45) is 0 Å². The molecular weight excluding hydrogens is 432 g/mol. The van der Waals surface area contributed by atoms with E-state index in [0.717, 1.165) is 5.39 Å². The second-order valence-corrected chi connectivity index (χ2v) is 8.95. The predicted molar refractivity (Wildman–Crippen MR) is 116 cm³/mol. The fourth-order valence-electron chi connectivity index (χ4n) is 5.57. The summed E-state index contributed by atoms with van der Waals surface area (Å²) in [5.41, 5.74) is 4.02. The van der Waals surface area contributed by atoms with Gasteiger partial charge in [0.2, 0.25) is 0 Å². The maximum absolute atomic E-state index is 14.9. The molecule has 0 aliphatic heterocycles. The van der Waals surface area contributed by atoms with Crippen molar-refractivity contribution in [3.63, 3.8) is 0 Å². The predicted octanol–water partition coefficient (Wildman–Crippen LogP) is 6.53. The van der Waals surface area contributed by atoms with Crippen LogP contribution in [0.25, 0.3) is 22.0 Å². The number of aromatic nitrogens is 2. The molecule has 0 saturated heterocycles. The number of para-hydroxylation sites is 1. The van der Waals surface area contributed by atoms with Crippen LogP contribution < -0.4 is 0 Å². The molecule has 0 fully saturated rings. The van der Waals surface area contributed by atoms with Gasteiger partial charge >= 0.3 is 0 Å². The monoisotopic (exact) mass is 452 g/mol. The Morgan fingerprint density at radius 1 is 0.970 bits per heavy atom. The van der Waals surface area contributed by atoms with Crippen LogP contribution in [0.1, 0.15) is 58.9 Å². The smallest absolute Gasteiger partial charge is 0.281 e. The highest BCUT2D eigenvalue weighted by Crippen LogP contribution is 2.52. The van der Waals surface area contributed by atoms with Gasteiger partial charge in [0.25, 0.3) is 5.92 Å². The van der Waals surface area contributed by atoms with Crippen molar-refractivity contribution in [1.82, 2.24) is 10.2 Å². The maximum Gasteiger partial charge on any atom is 0.281 e. The van der Waals surface area contributed by atoms with Crippen LogP contribution >= 0.6 is 0 Å². The van der Waals surface area contributed by atoms with Crippen LogP contribution in [0, 0.1) is 5.82 Å². The lowest BCUT2D eigenvalue weighted by molar-refractivity contribution is -0.0966. The molecule has 3 atom stereocenters. The SMILES string of the molecule is OC1c2c(-c3cccc4cn[nH]c34)ccc(C3CCC(F)c4cc(F)ccc43)c2CC1(F)F. The second kappa shape index (κ2) is 7.15. The summed E-state index contributed by atoms with van der Waals surface area (Å²) in [6.07, 6.45) is -1.58. The van der Waals surface area contributed by atoms with Gasteiger partial charge in [-0.15, -0.1) is 0 Å². The molecule has 0 amide bonds. The Labute approximate surface area is 187 Å². The van der Waals surface area contributed by atoms with E-state index in [4.69, 9.17) is 0 Å². The summed E-state index contributed by atoms with van der Waals surface area (Å²) < 4.78 is 58.1. The topological polar surface area (TPSA) is 48.9 Å². The van der Waals surface area contributed by atoms with Gasteiger partial charge in [0, 0.05) is 23.3 Å². The lowest BCUT2D eigenvalue weighted by Gasteiger charge is -2.30. The molecule has 33 heavy (non-hydrogen) atoms. The summed E-state index contributed by atoms with van der Waals surface area (Å²) in [6, 6.07) is 13.1. The van der Waals surface area contributed by atoms with Crippen molar-refractivity contribution < 1.29 is 22.7 Å². The molecule has 1 aromatic heterocycles. The zero-order chi connectivity index (χ0) is 22.9. The molecule has 0 saturated carbocycles. The van der Waals surface area contributed by atoms with Crippen molar-refractivity contribution in [3.8, 4) is 11.1 Å². The summed E-state index contributed by atoms with van der Waals surface area (Å²) in [5, 5.41) is 18.5. The van der Waals surface area contributed by atoms with Gasteiger partial charge in [0.1, 0.15) is 18.1 Å². The van der Waals surface area contributed by atoms with Crippen molar-refractivity contribution in [1.29, 1.82) is 0 Å². The lowest BCUT2D eigenvalue weighted by Crippen LogP contribution is -2.21. The molecule has 4 aromatic rings. The van der Waals surface area contributed by atoms with E-state index in [9.17, 15) is 22.7 Å². The Hall–Kier alpha value is -3.19. The van der Waals surface area contributed by atoms with Crippen LogP contribution in [0.3, 0.4) is 0 Å². The van der Waals surface area contributed by atoms with Crippen molar-refractivity contribution in [3.05, 3.63) is 88.4 Å². The fraction of sp³-hybridized carbons (Fsp3) is 0.269. The summed E-state index contributed by atoms with van der Waals surface area (Å²) in [7, 11) is 0. The number of aromatic amines is 1. The molecule has 3 unspecified atom stereocenters. The van der Waals surface area contributed by atoms with E-state index >= 15 is 0 Å². The molecule has 6 rings (SSSR count). The van der Waals surface area contributed by atoms with Crippen LogP contribution in [0.5, 0.6) is 0 Å². The molecule has 0 bridgehead atoms. The Morgan fingerprint density at radius 3 is 2.64 bits per heavy atom. The first kappa shape index (κ1) is 20.4. The summed E-state index contributed by atoms with van der Waals surface area (Å²) in [5.74, 6) is -4.19. The van der Waals surface area contributed by atoms with Crippen LogP contribution in [0.2, 0.25) is 0 Å². The molecule has 0 spiro atoms. The van der Waals surface area contributed by atoms with E-state index in [1.165, 1.54) is 12.1 Å². The normalized spacial score (nSPS) is 23.5. The molecule has 1 heterocycles. The zero-order valence-corrected chi connectivity index (χ0v) is 17.5. The summed E-state index contributed by atoms with van der Waals surface area (Å²) >= 11 is 0. The van der Waals surface area contributed by atoms with Crippen molar-refractivity contribution >= 4 is 10.9 Å². The van der Waals surface area contributed by atoms with E-state index in [2.05, 4.69) is 10.2 Å². The van der Waals surface area contributed by atoms with E-state index in [1.54, 1.807) is 24.4 Å². The first-order valence-electron chi connectivity index (χ1n) is 10.9. The second-order valence-electron chi connectivity index (χ2n) is 8.95. The number of nitrogens with zero attached hydrogens (tertiary/aromatic N) is 1. The third-order valence-electron chi connectivity index (χ3n) is 7.09. The van der Waals surface area contributed by atoms with Gasteiger partial charge in [-0.05, 0) is 58.4 Å². The minimum absolute atomic E-state index is 0.185. The molecule has 2 aliphatic rings. The number of hydrogen-bond donors (Lipinski definition) is 2. The van der Waals surface area contributed by atoms with Gasteiger partial charge in [0.05, 0.1) is 11.7 Å². The van der Waals surface area contributed by atoms with Gasteiger partial charge in [-0.2, -0.15) is 5.10 Å². The van der Waals surface area contributed by atoms with Gasteiger partial charge in [-0.25, -0.2) is 17.6 Å². The maximum atomic E-state index is 14.9. The molecule has 168 valence electrons. The standard InChI is InChI=1S/C26H20F4N2O/c27-14-4-5-16-15(8-9-22(28)20(16)10-14)17-6-7-18(23-21(17)11-26(29,30)25(23)33)19-3-1-2-13-12-31-32-24(13)19/h1-7,10,12,15,22,25,33H,8-9,11H2,(H,31,32). The Bertz CT molecular complexity index is 1400. The number of fused-ring (bicyclic) bond motifs is 3. The largest absolute Gasteiger partial charge is 0.382 e. The molecule has 7 heteroatoms. The first-order chi connectivity index (χ1) is 15.8. The number of halogens is 4. The van der Waals surface area contributed by atoms with E-state index in [-0.39, 0.29) is 23.5 Å². The number of rotatable bonds is 2. The number of nitrogens with one attached hydrogen (secondary N) is 1. The van der Waals surface area contributed by atoms with E-state index in [0.29, 0.717) is 39.8 Å². The number of benzene rings is 3. The molecule has 3 nitrogen and oxygen atoms in total. The first-order valence-corrected chi connectivity index (χ1v) is 10.9. The van der Waals surface area contributed by atoms with Crippen LogP contribution in [0.15, 0.2) is 54.7 Å². The average molecular weight is 452 g/mol. The fourth-order valence-corrected chi connectivity index (χ4v) is 5.57. The molecule has 0 radical (unpaired) electrons. The number of aliphatic hydroxyl groups is 1. The summed E-state index contributed by atoms with van der Waals surface area (Å²) in [4.78, 5) is 0. The zero-order valence-electron chi connectivity index (χ0n) is 17.5. The minimum Gasteiger partial charge on any atom is -0.382 e. The molecule has 3 aromatic carbocycles. The lowest BCUT2D eigenvalue weighted by atomic mass is 9.75. The highest BCUT2D eigenvalue weighted by atomic mass is 19.3. The Morgan fingerprint density at radius 2 is 1.79 bits per heavy atom. The third kappa shape index (κ3) is 3.02. The quantitative estimate of drug-likeness (QED) is 0.340. The van der Waals surface area contributed by atoms with Crippen molar-refractivity contribution in [2.45, 2.75) is 43.4 Å². The number of hydrogen-bond acceptors (Lipinski definition) is 2. The number of H-pyrrole nitrogens is 1. The van der Waals surface area contributed by atoms with Crippen LogP contribution in [0.4, 0.5) is 17.6 Å². The number of aliphatic hydroxyl groups excluding tert-OH is 1. The third-order valence-corrected chi connectivity index (χ3v) is 7.09. The van der Waals surface area contributed by atoms with E-state index < -0.39 is 30.4 Å². The average Bonchev–Trinajstić information content (AvgIpc) is 3.37. The molecular formula is C26H20F4N2O. The van der Waals surface area contributed by atoms with Gasteiger partial charge in [-0.1, -0.05) is 36.4 Å².